The Balaban J connectivity index is 3.72. The second kappa shape index (κ2) is 5.34. The minimum absolute atomic E-state index is 0.240. The maximum Gasteiger partial charge on any atom is 0.135 e. The van der Waals surface area contributed by atoms with Crippen LogP contribution in [0.1, 0.15) is 47.5 Å². The molecule has 0 aromatic rings. The number of rotatable bonds is 5. The van der Waals surface area contributed by atoms with Gasteiger partial charge in [0.1, 0.15) is 5.78 Å². The van der Waals surface area contributed by atoms with Crippen LogP contribution in [0.25, 0.3) is 0 Å². The maximum atomic E-state index is 11.5. The molecule has 72 valence electrons. The standard InChI is InChI=1S/C11H22O/c1-8(2)6-7-11(12)10(5)9(3)4/h8-10H,6-7H2,1-5H3. The van der Waals surface area contributed by atoms with Crippen molar-refractivity contribution in [1.29, 1.82) is 0 Å². The molecule has 1 atom stereocenters. The molecule has 12 heavy (non-hydrogen) atoms. The number of ketones is 1. The maximum absolute atomic E-state index is 11.5. The van der Waals surface area contributed by atoms with E-state index in [9.17, 15) is 4.79 Å². The number of carbonyl (C=O) groups excluding carboxylic acids is 1. The second-order valence-corrected chi connectivity index (χ2v) is 4.43. The van der Waals surface area contributed by atoms with Crippen molar-refractivity contribution in [3.05, 3.63) is 0 Å². The third-order valence-electron chi connectivity index (χ3n) is 2.48. The quantitative estimate of drug-likeness (QED) is 0.619. The average molecular weight is 170 g/mol. The molecular weight excluding hydrogens is 148 g/mol. The Morgan fingerprint density at radius 2 is 1.58 bits per heavy atom. The van der Waals surface area contributed by atoms with E-state index in [0.717, 1.165) is 12.8 Å². The Morgan fingerprint density at radius 3 is 1.92 bits per heavy atom. The van der Waals surface area contributed by atoms with Gasteiger partial charge in [-0.15, -0.1) is 0 Å². The third-order valence-corrected chi connectivity index (χ3v) is 2.48. The molecule has 0 radical (unpaired) electrons. The molecule has 0 fully saturated rings. The molecule has 0 aromatic carbocycles. The van der Waals surface area contributed by atoms with Gasteiger partial charge in [-0.3, -0.25) is 4.79 Å². The smallest absolute Gasteiger partial charge is 0.135 e. The van der Waals surface area contributed by atoms with E-state index in [1.54, 1.807) is 0 Å². The van der Waals surface area contributed by atoms with E-state index in [1.807, 2.05) is 6.92 Å². The van der Waals surface area contributed by atoms with Gasteiger partial charge in [-0.25, -0.2) is 0 Å². The van der Waals surface area contributed by atoms with Crippen LogP contribution < -0.4 is 0 Å². The topological polar surface area (TPSA) is 17.1 Å². The Hall–Kier alpha value is -0.330. The van der Waals surface area contributed by atoms with Gasteiger partial charge in [0.2, 0.25) is 0 Å². The van der Waals surface area contributed by atoms with Crippen molar-refractivity contribution in [1.82, 2.24) is 0 Å². The van der Waals surface area contributed by atoms with Crippen molar-refractivity contribution in [2.75, 3.05) is 0 Å². The first-order valence-corrected chi connectivity index (χ1v) is 4.97. The van der Waals surface area contributed by atoms with Gasteiger partial charge in [0, 0.05) is 12.3 Å². The number of hydrogen-bond donors (Lipinski definition) is 0. The lowest BCUT2D eigenvalue weighted by Gasteiger charge is -2.14. The summed E-state index contributed by atoms with van der Waals surface area (Å²) in [5.41, 5.74) is 0. The molecule has 0 saturated heterocycles. The molecule has 1 nitrogen and oxygen atoms in total. The van der Waals surface area contributed by atoms with E-state index in [-0.39, 0.29) is 5.92 Å². The van der Waals surface area contributed by atoms with Crippen LogP contribution in [0.4, 0.5) is 0 Å². The summed E-state index contributed by atoms with van der Waals surface area (Å²) in [6.07, 6.45) is 1.80. The van der Waals surface area contributed by atoms with Gasteiger partial charge in [-0.2, -0.15) is 0 Å². The zero-order valence-corrected chi connectivity index (χ0v) is 9.05. The minimum atomic E-state index is 0.240. The van der Waals surface area contributed by atoms with Crippen LogP contribution in [0, 0.1) is 17.8 Å². The van der Waals surface area contributed by atoms with Crippen LogP contribution in [0.5, 0.6) is 0 Å². The van der Waals surface area contributed by atoms with Crippen molar-refractivity contribution in [3.63, 3.8) is 0 Å². The summed E-state index contributed by atoms with van der Waals surface area (Å²) >= 11 is 0. The third kappa shape index (κ3) is 4.53. The van der Waals surface area contributed by atoms with Crippen LogP contribution in [-0.2, 0) is 4.79 Å². The van der Waals surface area contributed by atoms with Gasteiger partial charge < -0.3 is 0 Å². The summed E-state index contributed by atoms with van der Waals surface area (Å²) < 4.78 is 0. The van der Waals surface area contributed by atoms with Gasteiger partial charge in [0.05, 0.1) is 0 Å². The van der Waals surface area contributed by atoms with Crippen molar-refractivity contribution in [2.45, 2.75) is 47.5 Å². The molecule has 1 heteroatoms. The van der Waals surface area contributed by atoms with E-state index in [4.69, 9.17) is 0 Å². The highest BCUT2D eigenvalue weighted by Gasteiger charge is 2.15. The van der Waals surface area contributed by atoms with Crippen molar-refractivity contribution in [3.8, 4) is 0 Å². The summed E-state index contributed by atoms with van der Waals surface area (Å²) in [6.45, 7) is 10.6. The summed E-state index contributed by atoms with van der Waals surface area (Å²) in [6, 6.07) is 0. The van der Waals surface area contributed by atoms with E-state index < -0.39 is 0 Å². The lowest BCUT2D eigenvalue weighted by molar-refractivity contribution is -0.123. The molecule has 0 aliphatic carbocycles. The first kappa shape index (κ1) is 11.7. The average Bonchev–Trinajstić information content (AvgIpc) is 1.98. The van der Waals surface area contributed by atoms with Crippen LogP contribution in [0.2, 0.25) is 0 Å². The molecule has 0 aromatic heterocycles. The van der Waals surface area contributed by atoms with E-state index in [2.05, 4.69) is 27.7 Å². The van der Waals surface area contributed by atoms with Crippen LogP contribution in [0.15, 0.2) is 0 Å². The van der Waals surface area contributed by atoms with Crippen molar-refractivity contribution >= 4 is 5.78 Å². The molecule has 0 N–H and O–H groups in total. The van der Waals surface area contributed by atoms with E-state index >= 15 is 0 Å². The monoisotopic (exact) mass is 170 g/mol. The van der Waals surface area contributed by atoms with E-state index in [1.165, 1.54) is 0 Å². The summed E-state index contributed by atoms with van der Waals surface area (Å²) in [5, 5.41) is 0. The molecule has 0 aliphatic heterocycles. The molecule has 0 spiro atoms. The fourth-order valence-corrected chi connectivity index (χ4v) is 1.03. The first-order valence-electron chi connectivity index (χ1n) is 4.97. The molecule has 0 aliphatic rings. The highest BCUT2D eigenvalue weighted by molar-refractivity contribution is 5.80. The normalized spacial score (nSPS) is 13.9. The fourth-order valence-electron chi connectivity index (χ4n) is 1.03. The molecule has 0 bridgehead atoms. The van der Waals surface area contributed by atoms with Gasteiger partial charge >= 0.3 is 0 Å². The van der Waals surface area contributed by atoms with Crippen LogP contribution in [0.3, 0.4) is 0 Å². The summed E-state index contributed by atoms with van der Waals surface area (Å²) in [4.78, 5) is 11.5. The predicted molar refractivity (Wildman–Crippen MR) is 53.1 cm³/mol. The lowest BCUT2D eigenvalue weighted by Crippen LogP contribution is -2.16. The van der Waals surface area contributed by atoms with Gasteiger partial charge in [0.25, 0.3) is 0 Å². The fraction of sp³-hybridized carbons (Fsp3) is 0.909. The predicted octanol–water partition coefficient (Wildman–Crippen LogP) is 3.28. The molecule has 0 amide bonds. The Labute approximate surface area is 76.6 Å². The minimum Gasteiger partial charge on any atom is -0.299 e. The Morgan fingerprint density at radius 1 is 1.08 bits per heavy atom. The van der Waals surface area contributed by atoms with Gasteiger partial charge in [-0.1, -0.05) is 34.6 Å². The van der Waals surface area contributed by atoms with Gasteiger partial charge in [0.15, 0.2) is 0 Å². The first-order chi connectivity index (χ1) is 5.45. The molecule has 0 heterocycles. The second-order valence-electron chi connectivity index (χ2n) is 4.43. The highest BCUT2D eigenvalue weighted by Crippen LogP contribution is 2.15. The van der Waals surface area contributed by atoms with Gasteiger partial charge in [-0.05, 0) is 18.3 Å². The largest absolute Gasteiger partial charge is 0.299 e. The van der Waals surface area contributed by atoms with Crippen molar-refractivity contribution < 1.29 is 4.79 Å². The lowest BCUT2D eigenvalue weighted by atomic mass is 9.90. The van der Waals surface area contributed by atoms with E-state index in [0.29, 0.717) is 17.6 Å². The number of carbonyl (C=O) groups is 1. The SMILES string of the molecule is CC(C)CCC(=O)C(C)C(C)C. The van der Waals surface area contributed by atoms with Crippen LogP contribution >= 0.6 is 0 Å². The van der Waals surface area contributed by atoms with Crippen molar-refractivity contribution in [2.24, 2.45) is 17.8 Å². The Bertz CT molecular complexity index is 136. The summed E-state index contributed by atoms with van der Waals surface area (Å²) in [7, 11) is 0. The molecule has 0 saturated carbocycles. The molecule has 0 rings (SSSR count). The molecular formula is C11H22O. The summed E-state index contributed by atoms with van der Waals surface area (Å²) in [5.74, 6) is 1.81. The Kier molecular flexibility index (Phi) is 5.19. The number of Topliss-reactive ketones (excluding diaryl/α,β-unsaturated/α-hetero) is 1. The van der Waals surface area contributed by atoms with Crippen LogP contribution in [-0.4, -0.2) is 5.78 Å². The number of hydrogen-bond acceptors (Lipinski definition) is 1. The highest BCUT2D eigenvalue weighted by atomic mass is 16.1. The molecule has 1 unspecified atom stereocenters. The zero-order chi connectivity index (χ0) is 9.72. The zero-order valence-electron chi connectivity index (χ0n) is 9.05.